The van der Waals surface area contributed by atoms with Crippen LogP contribution < -0.4 is 5.32 Å². The van der Waals surface area contributed by atoms with Crippen molar-refractivity contribution in [2.75, 3.05) is 45.9 Å². The molecule has 4 nitrogen and oxygen atoms in total. The van der Waals surface area contributed by atoms with Gasteiger partial charge in [-0.15, -0.1) is 0 Å². The van der Waals surface area contributed by atoms with Crippen LogP contribution in [0.3, 0.4) is 0 Å². The molecule has 2 N–H and O–H groups in total. The predicted octanol–water partition coefficient (Wildman–Crippen LogP) is 0.950. The first-order chi connectivity index (χ1) is 9.25. The highest BCUT2D eigenvalue weighted by molar-refractivity contribution is 5.23. The Morgan fingerprint density at radius 2 is 1.95 bits per heavy atom. The number of hydrogen-bond acceptors (Lipinski definition) is 4. The van der Waals surface area contributed by atoms with Gasteiger partial charge in [0.05, 0.1) is 19.3 Å². The van der Waals surface area contributed by atoms with Gasteiger partial charge in [-0.3, -0.25) is 4.90 Å². The second-order valence-corrected chi connectivity index (χ2v) is 5.08. The fourth-order valence-electron chi connectivity index (χ4n) is 2.21. The number of aliphatic hydroxyl groups excluding tert-OH is 1. The van der Waals surface area contributed by atoms with Crippen molar-refractivity contribution >= 4 is 0 Å². The van der Waals surface area contributed by atoms with Gasteiger partial charge in [-0.1, -0.05) is 29.8 Å². The monoisotopic (exact) mass is 264 g/mol. The highest BCUT2D eigenvalue weighted by Gasteiger charge is 2.10. The van der Waals surface area contributed by atoms with Crippen LogP contribution in [0.1, 0.15) is 17.2 Å². The van der Waals surface area contributed by atoms with Gasteiger partial charge in [-0.05, 0) is 12.5 Å². The van der Waals surface area contributed by atoms with Gasteiger partial charge in [0.25, 0.3) is 0 Å². The van der Waals surface area contributed by atoms with Crippen LogP contribution in [0.5, 0.6) is 0 Å². The highest BCUT2D eigenvalue weighted by Crippen LogP contribution is 2.12. The third kappa shape index (κ3) is 4.91. The molecule has 1 saturated heterocycles. The molecule has 1 aromatic rings. The molecule has 1 aliphatic heterocycles. The number of aryl methyl sites for hydroxylation is 1. The molecule has 0 spiro atoms. The Balaban J connectivity index is 1.63. The van der Waals surface area contributed by atoms with Crippen molar-refractivity contribution in [1.29, 1.82) is 0 Å². The number of nitrogens with one attached hydrogen (secondary N) is 1. The van der Waals surface area contributed by atoms with Crippen LogP contribution in [0.25, 0.3) is 0 Å². The largest absolute Gasteiger partial charge is 0.387 e. The molecule has 0 bridgehead atoms. The van der Waals surface area contributed by atoms with Gasteiger partial charge < -0.3 is 15.2 Å². The summed E-state index contributed by atoms with van der Waals surface area (Å²) in [5.41, 5.74) is 2.20. The van der Waals surface area contributed by atoms with E-state index in [-0.39, 0.29) is 0 Å². The molecule has 1 fully saturated rings. The van der Waals surface area contributed by atoms with Crippen LogP contribution in [0, 0.1) is 6.92 Å². The number of ether oxygens (including phenoxy) is 1. The van der Waals surface area contributed by atoms with Gasteiger partial charge >= 0.3 is 0 Å². The highest BCUT2D eigenvalue weighted by atomic mass is 16.5. The molecular formula is C15H24N2O2. The summed E-state index contributed by atoms with van der Waals surface area (Å²) in [6, 6.07) is 8.05. The average Bonchev–Trinajstić information content (AvgIpc) is 2.45. The normalized spacial score (nSPS) is 18.4. The first-order valence-corrected chi connectivity index (χ1v) is 7.01. The Labute approximate surface area is 115 Å². The van der Waals surface area contributed by atoms with Gasteiger partial charge in [0.15, 0.2) is 0 Å². The predicted molar refractivity (Wildman–Crippen MR) is 76.3 cm³/mol. The van der Waals surface area contributed by atoms with Crippen molar-refractivity contribution in [3.63, 3.8) is 0 Å². The average molecular weight is 264 g/mol. The van der Waals surface area contributed by atoms with Crippen molar-refractivity contribution in [2.45, 2.75) is 13.0 Å². The van der Waals surface area contributed by atoms with Crippen LogP contribution in [0.4, 0.5) is 0 Å². The Morgan fingerprint density at radius 3 is 2.63 bits per heavy atom. The molecule has 1 aromatic carbocycles. The molecule has 1 unspecified atom stereocenters. The maximum Gasteiger partial charge on any atom is 0.0914 e. The van der Waals surface area contributed by atoms with E-state index >= 15 is 0 Å². The van der Waals surface area contributed by atoms with Gasteiger partial charge in [-0.25, -0.2) is 0 Å². The Kier molecular flexibility index (Phi) is 5.79. The van der Waals surface area contributed by atoms with Crippen molar-refractivity contribution in [3.05, 3.63) is 35.4 Å². The van der Waals surface area contributed by atoms with Crippen LogP contribution in [-0.2, 0) is 4.74 Å². The second-order valence-electron chi connectivity index (χ2n) is 5.08. The summed E-state index contributed by atoms with van der Waals surface area (Å²) in [5.74, 6) is 0. The lowest BCUT2D eigenvalue weighted by Gasteiger charge is -2.26. The van der Waals surface area contributed by atoms with E-state index in [9.17, 15) is 5.11 Å². The second kappa shape index (κ2) is 7.60. The van der Waals surface area contributed by atoms with E-state index in [0.717, 1.165) is 45.0 Å². The lowest BCUT2D eigenvalue weighted by Crippen LogP contribution is -2.40. The van der Waals surface area contributed by atoms with E-state index in [2.05, 4.69) is 17.1 Å². The number of rotatable bonds is 6. The Hall–Kier alpha value is -0.940. The first kappa shape index (κ1) is 14.5. The maximum absolute atomic E-state index is 10.1. The molecule has 1 heterocycles. The Morgan fingerprint density at radius 1 is 1.26 bits per heavy atom. The quantitative estimate of drug-likeness (QED) is 0.751. The third-order valence-corrected chi connectivity index (χ3v) is 3.51. The van der Waals surface area contributed by atoms with Gasteiger partial charge in [0, 0.05) is 32.7 Å². The topological polar surface area (TPSA) is 44.7 Å². The van der Waals surface area contributed by atoms with Crippen LogP contribution in [0.15, 0.2) is 24.3 Å². The van der Waals surface area contributed by atoms with Crippen molar-refractivity contribution < 1.29 is 9.84 Å². The van der Waals surface area contributed by atoms with Gasteiger partial charge in [0.2, 0.25) is 0 Å². The molecular weight excluding hydrogens is 240 g/mol. The molecule has 106 valence electrons. The van der Waals surface area contributed by atoms with Crippen molar-refractivity contribution in [2.24, 2.45) is 0 Å². The summed E-state index contributed by atoms with van der Waals surface area (Å²) in [4.78, 5) is 2.38. The fourth-order valence-corrected chi connectivity index (χ4v) is 2.21. The number of benzene rings is 1. The van der Waals surface area contributed by atoms with Gasteiger partial charge in [0.1, 0.15) is 0 Å². The first-order valence-electron chi connectivity index (χ1n) is 7.01. The van der Waals surface area contributed by atoms with E-state index in [4.69, 9.17) is 4.74 Å². The summed E-state index contributed by atoms with van der Waals surface area (Å²) in [7, 11) is 0. The summed E-state index contributed by atoms with van der Waals surface area (Å²) in [6.07, 6.45) is -0.426. The number of morpholine rings is 1. The summed E-state index contributed by atoms with van der Waals surface area (Å²) >= 11 is 0. The molecule has 2 rings (SSSR count). The maximum atomic E-state index is 10.1. The molecule has 1 atom stereocenters. The van der Waals surface area contributed by atoms with E-state index in [0.29, 0.717) is 6.54 Å². The van der Waals surface area contributed by atoms with E-state index in [1.165, 1.54) is 5.56 Å². The summed E-state index contributed by atoms with van der Waals surface area (Å²) < 4.78 is 5.31. The van der Waals surface area contributed by atoms with Crippen LogP contribution in [0.2, 0.25) is 0 Å². The van der Waals surface area contributed by atoms with Crippen LogP contribution >= 0.6 is 0 Å². The van der Waals surface area contributed by atoms with E-state index in [1.54, 1.807) is 0 Å². The number of aliphatic hydroxyl groups is 1. The molecule has 1 aliphatic rings. The zero-order chi connectivity index (χ0) is 13.5. The smallest absolute Gasteiger partial charge is 0.0914 e. The van der Waals surface area contributed by atoms with Gasteiger partial charge in [-0.2, -0.15) is 0 Å². The summed E-state index contributed by atoms with van der Waals surface area (Å²) in [6.45, 7) is 8.29. The van der Waals surface area contributed by atoms with Crippen LogP contribution in [-0.4, -0.2) is 55.9 Å². The minimum atomic E-state index is -0.426. The van der Waals surface area contributed by atoms with Crippen molar-refractivity contribution in [1.82, 2.24) is 10.2 Å². The lowest BCUT2D eigenvalue weighted by molar-refractivity contribution is 0.0380. The minimum absolute atomic E-state index is 0.426. The SMILES string of the molecule is Cc1ccc(C(O)CNCCN2CCOCC2)cc1. The van der Waals surface area contributed by atoms with E-state index < -0.39 is 6.10 Å². The molecule has 0 saturated carbocycles. The fraction of sp³-hybridized carbons (Fsp3) is 0.600. The molecule has 0 radical (unpaired) electrons. The third-order valence-electron chi connectivity index (χ3n) is 3.51. The lowest BCUT2D eigenvalue weighted by atomic mass is 10.1. The molecule has 0 aliphatic carbocycles. The zero-order valence-electron chi connectivity index (χ0n) is 11.6. The standard InChI is InChI=1S/C15H24N2O2/c1-13-2-4-14(5-3-13)15(18)12-16-6-7-17-8-10-19-11-9-17/h2-5,15-16,18H,6-12H2,1H3. The zero-order valence-corrected chi connectivity index (χ0v) is 11.6. The summed E-state index contributed by atoms with van der Waals surface area (Å²) in [5, 5.41) is 13.4. The number of hydrogen-bond donors (Lipinski definition) is 2. The number of nitrogens with zero attached hydrogens (tertiary/aromatic N) is 1. The van der Waals surface area contributed by atoms with Crippen molar-refractivity contribution in [3.8, 4) is 0 Å². The van der Waals surface area contributed by atoms with E-state index in [1.807, 2.05) is 24.3 Å². The molecule has 4 heteroatoms. The Bertz CT molecular complexity index is 361. The molecule has 0 amide bonds. The molecule has 19 heavy (non-hydrogen) atoms. The molecule has 0 aromatic heterocycles. The minimum Gasteiger partial charge on any atom is -0.387 e.